The van der Waals surface area contributed by atoms with Crippen LogP contribution in [-0.4, -0.2) is 4.98 Å². The van der Waals surface area contributed by atoms with E-state index < -0.39 is 0 Å². The summed E-state index contributed by atoms with van der Waals surface area (Å²) < 4.78 is 0. The number of rotatable bonds is 1. The molecule has 0 aliphatic heterocycles. The third-order valence-electron chi connectivity index (χ3n) is 2.97. The van der Waals surface area contributed by atoms with Gasteiger partial charge in [-0.2, -0.15) is 0 Å². The van der Waals surface area contributed by atoms with E-state index in [4.69, 9.17) is 0 Å². The molecule has 77 valence electrons. The topological polar surface area (TPSA) is 15.8 Å². The van der Waals surface area contributed by atoms with Crippen molar-refractivity contribution in [1.29, 1.82) is 0 Å². The van der Waals surface area contributed by atoms with E-state index in [1.807, 2.05) is 18.2 Å². The normalized spacial score (nSPS) is 10.8. The Labute approximate surface area is 94.7 Å². The number of hydrogen-bond acceptors (Lipinski definition) is 0. The molecule has 1 N–H and O–H groups in total. The number of aromatic amines is 1. The van der Waals surface area contributed by atoms with E-state index >= 15 is 0 Å². The summed E-state index contributed by atoms with van der Waals surface area (Å²) in [7, 11) is 0. The Balaban J connectivity index is 2.29. The molecular formula is C15H12N. The number of aromatic nitrogens is 1. The number of fused-ring (bicyclic) bond motifs is 1. The molecular weight excluding hydrogens is 194 g/mol. The van der Waals surface area contributed by atoms with E-state index in [1.165, 1.54) is 27.7 Å². The fourth-order valence-electron chi connectivity index (χ4n) is 2.11. The molecule has 1 aromatic heterocycles. The Morgan fingerprint density at radius 2 is 1.88 bits per heavy atom. The molecule has 0 saturated carbocycles. The van der Waals surface area contributed by atoms with Gasteiger partial charge in [0.05, 0.1) is 0 Å². The zero-order chi connectivity index (χ0) is 11.0. The van der Waals surface area contributed by atoms with E-state index in [-0.39, 0.29) is 0 Å². The summed E-state index contributed by atoms with van der Waals surface area (Å²) in [5, 5.41) is 1.25. The molecule has 0 saturated heterocycles. The average molecular weight is 206 g/mol. The molecule has 0 aliphatic rings. The molecule has 3 aromatic rings. The fourth-order valence-corrected chi connectivity index (χ4v) is 2.11. The first-order valence-corrected chi connectivity index (χ1v) is 5.40. The predicted octanol–water partition coefficient (Wildman–Crippen LogP) is 3.94. The van der Waals surface area contributed by atoms with Gasteiger partial charge in [0, 0.05) is 16.6 Å². The Kier molecular flexibility index (Phi) is 2.03. The summed E-state index contributed by atoms with van der Waals surface area (Å²) >= 11 is 0. The van der Waals surface area contributed by atoms with Crippen molar-refractivity contribution < 1.29 is 0 Å². The van der Waals surface area contributed by atoms with Gasteiger partial charge >= 0.3 is 0 Å². The summed E-state index contributed by atoms with van der Waals surface area (Å²) in [6.45, 7) is 2.15. The maximum absolute atomic E-state index is 3.46. The smallest absolute Gasteiger partial charge is 0.0494 e. The number of benzene rings is 2. The van der Waals surface area contributed by atoms with Gasteiger partial charge < -0.3 is 4.98 Å². The highest BCUT2D eigenvalue weighted by Crippen LogP contribution is 2.28. The molecule has 0 spiro atoms. The Morgan fingerprint density at radius 3 is 2.62 bits per heavy atom. The monoisotopic (exact) mass is 206 g/mol. The van der Waals surface area contributed by atoms with Crippen molar-refractivity contribution >= 4 is 10.9 Å². The van der Waals surface area contributed by atoms with Gasteiger partial charge in [0.15, 0.2) is 0 Å². The van der Waals surface area contributed by atoms with E-state index in [0.29, 0.717) is 0 Å². The molecule has 16 heavy (non-hydrogen) atoms. The molecule has 0 fully saturated rings. The maximum atomic E-state index is 3.46. The molecule has 2 aromatic carbocycles. The van der Waals surface area contributed by atoms with Crippen molar-refractivity contribution in [1.82, 2.24) is 4.98 Å². The number of hydrogen-bond donors (Lipinski definition) is 1. The van der Waals surface area contributed by atoms with Crippen molar-refractivity contribution in [3.63, 3.8) is 0 Å². The second-order valence-electron chi connectivity index (χ2n) is 3.96. The Bertz CT molecular complexity index is 620. The fraction of sp³-hybridized carbons (Fsp3) is 0.0667. The largest absolute Gasteiger partial charge is 0.354 e. The molecule has 3 rings (SSSR count). The van der Waals surface area contributed by atoms with Crippen LogP contribution in [0.4, 0.5) is 0 Å². The van der Waals surface area contributed by atoms with Gasteiger partial charge in [-0.05, 0) is 36.2 Å². The second kappa shape index (κ2) is 3.53. The van der Waals surface area contributed by atoms with Gasteiger partial charge in [-0.3, -0.25) is 0 Å². The third-order valence-corrected chi connectivity index (χ3v) is 2.97. The van der Waals surface area contributed by atoms with E-state index in [2.05, 4.69) is 48.3 Å². The molecule has 0 atom stereocenters. The van der Waals surface area contributed by atoms with Crippen LogP contribution in [0.2, 0.25) is 0 Å². The van der Waals surface area contributed by atoms with Crippen molar-refractivity contribution in [3.8, 4) is 11.3 Å². The number of aryl methyl sites for hydroxylation is 1. The quantitative estimate of drug-likeness (QED) is 0.620. The average Bonchev–Trinajstić information content (AvgIpc) is 2.69. The lowest BCUT2D eigenvalue weighted by atomic mass is 10.1. The first-order chi connectivity index (χ1) is 7.86. The summed E-state index contributed by atoms with van der Waals surface area (Å²) in [5.41, 5.74) is 4.90. The van der Waals surface area contributed by atoms with Gasteiger partial charge in [0.25, 0.3) is 0 Å². The van der Waals surface area contributed by atoms with Crippen LogP contribution in [0.15, 0.2) is 48.5 Å². The van der Waals surface area contributed by atoms with Crippen molar-refractivity contribution in [2.75, 3.05) is 0 Å². The highest BCUT2D eigenvalue weighted by Gasteiger charge is 2.07. The second-order valence-corrected chi connectivity index (χ2v) is 3.96. The molecule has 0 amide bonds. The highest BCUT2D eigenvalue weighted by molar-refractivity contribution is 5.90. The van der Waals surface area contributed by atoms with Crippen molar-refractivity contribution in [2.24, 2.45) is 0 Å². The highest BCUT2D eigenvalue weighted by atomic mass is 14.7. The van der Waals surface area contributed by atoms with Crippen LogP contribution in [0.1, 0.15) is 5.56 Å². The lowest BCUT2D eigenvalue weighted by Gasteiger charge is -1.99. The van der Waals surface area contributed by atoms with Gasteiger partial charge in [0.1, 0.15) is 0 Å². The third kappa shape index (κ3) is 1.33. The first kappa shape index (κ1) is 9.22. The van der Waals surface area contributed by atoms with Gasteiger partial charge in [-0.15, -0.1) is 0 Å². The van der Waals surface area contributed by atoms with Crippen LogP contribution in [0.3, 0.4) is 0 Å². The summed E-state index contributed by atoms with van der Waals surface area (Å²) in [5.74, 6) is 0. The lowest BCUT2D eigenvalue weighted by molar-refractivity contribution is 1.41. The summed E-state index contributed by atoms with van der Waals surface area (Å²) in [4.78, 5) is 3.46. The Morgan fingerprint density at radius 1 is 1.06 bits per heavy atom. The zero-order valence-corrected chi connectivity index (χ0v) is 9.12. The molecule has 1 radical (unpaired) electrons. The lowest BCUT2D eigenvalue weighted by Crippen LogP contribution is -1.78. The standard InChI is InChI=1S/C15H12N/c1-11-13-9-5-6-10-14(13)16-15(11)12-7-3-2-4-8-12/h2-4,6-10,16H,1H3. The van der Waals surface area contributed by atoms with Gasteiger partial charge in [-0.1, -0.05) is 36.4 Å². The summed E-state index contributed by atoms with van der Waals surface area (Å²) in [6, 6.07) is 19.6. The first-order valence-electron chi connectivity index (χ1n) is 5.40. The minimum atomic E-state index is 1.18. The SMILES string of the molecule is Cc1c(-c2ccccc2)[nH]c2cc[c]cc12. The van der Waals surface area contributed by atoms with Crippen LogP contribution >= 0.6 is 0 Å². The van der Waals surface area contributed by atoms with E-state index in [9.17, 15) is 0 Å². The minimum Gasteiger partial charge on any atom is -0.354 e. The van der Waals surface area contributed by atoms with E-state index in [0.717, 1.165) is 0 Å². The zero-order valence-electron chi connectivity index (χ0n) is 9.12. The van der Waals surface area contributed by atoms with Crippen LogP contribution in [0.5, 0.6) is 0 Å². The molecule has 0 aliphatic carbocycles. The number of nitrogens with one attached hydrogen (secondary N) is 1. The van der Waals surface area contributed by atoms with E-state index in [1.54, 1.807) is 0 Å². The molecule has 0 bridgehead atoms. The molecule has 1 nitrogen and oxygen atoms in total. The number of H-pyrrole nitrogens is 1. The van der Waals surface area contributed by atoms with Crippen LogP contribution < -0.4 is 0 Å². The Hall–Kier alpha value is -2.02. The maximum Gasteiger partial charge on any atom is 0.0494 e. The molecule has 0 unspecified atom stereocenters. The van der Waals surface area contributed by atoms with Crippen LogP contribution in [-0.2, 0) is 0 Å². The minimum absolute atomic E-state index is 1.18. The molecule has 1 heterocycles. The predicted molar refractivity (Wildman–Crippen MR) is 67.3 cm³/mol. The summed E-state index contributed by atoms with van der Waals surface area (Å²) in [6.07, 6.45) is 0. The van der Waals surface area contributed by atoms with Crippen molar-refractivity contribution in [2.45, 2.75) is 6.92 Å². The van der Waals surface area contributed by atoms with Gasteiger partial charge in [0.2, 0.25) is 0 Å². The van der Waals surface area contributed by atoms with Crippen LogP contribution in [0.25, 0.3) is 22.2 Å². The van der Waals surface area contributed by atoms with Gasteiger partial charge in [-0.25, -0.2) is 0 Å². The van der Waals surface area contributed by atoms with Crippen LogP contribution in [0, 0.1) is 13.0 Å². The van der Waals surface area contributed by atoms with Crippen molar-refractivity contribution in [3.05, 3.63) is 60.2 Å². The molecule has 1 heteroatoms.